The Morgan fingerprint density at radius 3 is 2.31 bits per heavy atom. The second-order valence-electron chi connectivity index (χ2n) is 5.62. The average molecular weight is 238 g/mol. The molecule has 0 rings (SSSR count). The van der Waals surface area contributed by atoms with Gasteiger partial charge in [0.1, 0.15) is 0 Å². The predicted molar refractivity (Wildman–Crippen MR) is 75.0 cm³/mol. The standard InChI is InChI=1S/C14H26OSi/c1-8-10-11-12-13(9-2)15-16(6,7)14(3,4)5/h9,13H,2,11-12H2,1,3-7H3. The van der Waals surface area contributed by atoms with E-state index < -0.39 is 8.32 Å². The van der Waals surface area contributed by atoms with E-state index in [1.54, 1.807) is 0 Å². The molecule has 0 heterocycles. The monoisotopic (exact) mass is 238 g/mol. The third kappa shape index (κ3) is 5.00. The molecule has 0 aliphatic carbocycles. The summed E-state index contributed by atoms with van der Waals surface area (Å²) >= 11 is 0. The summed E-state index contributed by atoms with van der Waals surface area (Å²) in [6.07, 6.45) is 3.91. The Bertz CT molecular complexity index is 275. The van der Waals surface area contributed by atoms with Crippen LogP contribution in [0.15, 0.2) is 12.7 Å². The van der Waals surface area contributed by atoms with E-state index in [0.29, 0.717) is 0 Å². The zero-order chi connectivity index (χ0) is 12.8. The summed E-state index contributed by atoms with van der Waals surface area (Å²) in [4.78, 5) is 0. The van der Waals surface area contributed by atoms with Gasteiger partial charge in [-0.05, 0) is 31.5 Å². The van der Waals surface area contributed by atoms with Crippen molar-refractivity contribution in [2.75, 3.05) is 0 Å². The van der Waals surface area contributed by atoms with Gasteiger partial charge in [-0.15, -0.1) is 18.4 Å². The summed E-state index contributed by atoms with van der Waals surface area (Å²) in [5.41, 5.74) is 0. The van der Waals surface area contributed by atoms with Crippen molar-refractivity contribution >= 4 is 8.32 Å². The van der Waals surface area contributed by atoms with Gasteiger partial charge in [-0.3, -0.25) is 0 Å². The molecule has 0 amide bonds. The first-order valence-corrected chi connectivity index (χ1v) is 8.85. The normalized spacial score (nSPS) is 13.9. The fourth-order valence-electron chi connectivity index (χ4n) is 1.12. The first-order chi connectivity index (χ1) is 7.24. The first kappa shape index (κ1) is 15.5. The lowest BCUT2D eigenvalue weighted by Crippen LogP contribution is -2.43. The molecule has 0 radical (unpaired) electrons. The first-order valence-electron chi connectivity index (χ1n) is 5.94. The number of rotatable bonds is 5. The smallest absolute Gasteiger partial charge is 0.192 e. The maximum absolute atomic E-state index is 6.25. The molecule has 16 heavy (non-hydrogen) atoms. The summed E-state index contributed by atoms with van der Waals surface area (Å²) in [6, 6.07) is 0. The van der Waals surface area contributed by atoms with Crippen LogP contribution in [0.25, 0.3) is 0 Å². The zero-order valence-electron chi connectivity index (χ0n) is 11.7. The van der Waals surface area contributed by atoms with Gasteiger partial charge >= 0.3 is 0 Å². The Hall–Kier alpha value is -0.523. The molecule has 0 aromatic carbocycles. The van der Waals surface area contributed by atoms with Crippen molar-refractivity contribution in [3.63, 3.8) is 0 Å². The van der Waals surface area contributed by atoms with Crippen molar-refractivity contribution < 1.29 is 4.43 Å². The van der Waals surface area contributed by atoms with E-state index in [2.05, 4.69) is 52.3 Å². The van der Waals surface area contributed by atoms with Gasteiger partial charge in [0.2, 0.25) is 0 Å². The van der Waals surface area contributed by atoms with Crippen LogP contribution in [-0.2, 0) is 4.43 Å². The third-order valence-electron chi connectivity index (χ3n) is 3.25. The van der Waals surface area contributed by atoms with Crippen LogP contribution in [0.5, 0.6) is 0 Å². The van der Waals surface area contributed by atoms with Gasteiger partial charge in [-0.2, -0.15) is 0 Å². The Morgan fingerprint density at radius 2 is 1.94 bits per heavy atom. The van der Waals surface area contributed by atoms with Crippen molar-refractivity contribution in [2.24, 2.45) is 0 Å². The van der Waals surface area contributed by atoms with E-state index in [1.807, 2.05) is 13.0 Å². The van der Waals surface area contributed by atoms with Crippen LogP contribution in [0.4, 0.5) is 0 Å². The molecule has 0 saturated heterocycles. The van der Waals surface area contributed by atoms with Crippen LogP contribution >= 0.6 is 0 Å². The molecular formula is C14H26OSi. The molecule has 0 aromatic rings. The predicted octanol–water partition coefficient (Wildman–Crippen LogP) is 4.37. The minimum Gasteiger partial charge on any atom is -0.411 e. The Labute approximate surface area is 102 Å². The van der Waals surface area contributed by atoms with Gasteiger partial charge in [0.05, 0.1) is 6.10 Å². The van der Waals surface area contributed by atoms with E-state index >= 15 is 0 Å². The van der Waals surface area contributed by atoms with E-state index in [0.717, 1.165) is 12.8 Å². The molecule has 2 heteroatoms. The molecule has 1 unspecified atom stereocenters. The van der Waals surface area contributed by atoms with Crippen LogP contribution in [-0.4, -0.2) is 14.4 Å². The summed E-state index contributed by atoms with van der Waals surface area (Å²) in [5, 5.41) is 0.255. The topological polar surface area (TPSA) is 9.23 Å². The molecule has 0 N–H and O–H groups in total. The number of hydrogen-bond acceptors (Lipinski definition) is 1. The van der Waals surface area contributed by atoms with Crippen molar-refractivity contribution in [3.05, 3.63) is 12.7 Å². The van der Waals surface area contributed by atoms with Gasteiger partial charge in [-0.25, -0.2) is 0 Å². The highest BCUT2D eigenvalue weighted by molar-refractivity contribution is 6.74. The Balaban J connectivity index is 4.40. The fourth-order valence-corrected chi connectivity index (χ4v) is 2.44. The van der Waals surface area contributed by atoms with Crippen molar-refractivity contribution in [2.45, 2.75) is 64.8 Å². The molecule has 1 nitrogen and oxygen atoms in total. The minimum absolute atomic E-state index is 0.154. The summed E-state index contributed by atoms with van der Waals surface area (Å²) in [7, 11) is -1.67. The van der Waals surface area contributed by atoms with Gasteiger partial charge in [0, 0.05) is 6.42 Å². The highest BCUT2D eigenvalue weighted by atomic mass is 28.4. The SMILES string of the molecule is C=CC(CCC#CC)O[Si](C)(C)C(C)(C)C. The van der Waals surface area contributed by atoms with Crippen LogP contribution < -0.4 is 0 Å². The summed E-state index contributed by atoms with van der Waals surface area (Å²) in [5.74, 6) is 5.99. The minimum atomic E-state index is -1.67. The van der Waals surface area contributed by atoms with Gasteiger partial charge in [-0.1, -0.05) is 26.8 Å². The average Bonchev–Trinajstić information content (AvgIpc) is 2.14. The highest BCUT2D eigenvalue weighted by Crippen LogP contribution is 2.37. The molecule has 0 aliphatic heterocycles. The number of hydrogen-bond donors (Lipinski definition) is 0. The largest absolute Gasteiger partial charge is 0.411 e. The summed E-state index contributed by atoms with van der Waals surface area (Å²) < 4.78 is 6.25. The fraction of sp³-hybridized carbons (Fsp3) is 0.714. The van der Waals surface area contributed by atoms with Gasteiger partial charge < -0.3 is 4.43 Å². The highest BCUT2D eigenvalue weighted by Gasteiger charge is 2.38. The lowest BCUT2D eigenvalue weighted by Gasteiger charge is -2.38. The summed E-state index contributed by atoms with van der Waals surface area (Å²) in [6.45, 7) is 17.0. The molecular weight excluding hydrogens is 212 g/mol. The molecule has 0 fully saturated rings. The maximum atomic E-state index is 6.25. The lowest BCUT2D eigenvalue weighted by atomic mass is 10.2. The van der Waals surface area contributed by atoms with E-state index in [4.69, 9.17) is 4.43 Å². The molecule has 0 bridgehead atoms. The Kier molecular flexibility index (Phi) is 6.07. The molecule has 92 valence electrons. The van der Waals surface area contributed by atoms with E-state index in [9.17, 15) is 0 Å². The van der Waals surface area contributed by atoms with Crippen LogP contribution in [0.1, 0.15) is 40.5 Å². The van der Waals surface area contributed by atoms with E-state index in [-0.39, 0.29) is 11.1 Å². The lowest BCUT2D eigenvalue weighted by molar-refractivity contribution is 0.217. The van der Waals surface area contributed by atoms with Gasteiger partial charge in [0.25, 0.3) is 0 Å². The van der Waals surface area contributed by atoms with E-state index in [1.165, 1.54) is 0 Å². The molecule has 0 spiro atoms. The zero-order valence-corrected chi connectivity index (χ0v) is 12.7. The van der Waals surface area contributed by atoms with Gasteiger partial charge in [0.15, 0.2) is 8.32 Å². The third-order valence-corrected chi connectivity index (χ3v) is 7.75. The van der Waals surface area contributed by atoms with Crippen LogP contribution in [0, 0.1) is 11.8 Å². The molecule has 0 aromatic heterocycles. The van der Waals surface area contributed by atoms with Crippen LogP contribution in [0.3, 0.4) is 0 Å². The van der Waals surface area contributed by atoms with Crippen molar-refractivity contribution in [3.8, 4) is 11.8 Å². The second-order valence-corrected chi connectivity index (χ2v) is 10.4. The Morgan fingerprint density at radius 1 is 1.38 bits per heavy atom. The quantitative estimate of drug-likeness (QED) is 0.393. The molecule has 1 atom stereocenters. The van der Waals surface area contributed by atoms with Crippen molar-refractivity contribution in [1.29, 1.82) is 0 Å². The second kappa shape index (κ2) is 6.27. The molecule has 0 aliphatic rings. The van der Waals surface area contributed by atoms with Crippen LogP contribution in [0.2, 0.25) is 18.1 Å². The van der Waals surface area contributed by atoms with Crippen molar-refractivity contribution in [1.82, 2.24) is 0 Å². The molecule has 0 saturated carbocycles. The maximum Gasteiger partial charge on any atom is 0.192 e.